The lowest BCUT2D eigenvalue weighted by Crippen LogP contribution is -2.53. The van der Waals surface area contributed by atoms with Gasteiger partial charge in [-0.3, -0.25) is 13.9 Å². The highest BCUT2D eigenvalue weighted by Crippen LogP contribution is 2.29. The Morgan fingerprint density at radius 3 is 2.00 bits per heavy atom. The molecule has 5 aromatic carbocycles. The first kappa shape index (κ1) is 36.9. The van der Waals surface area contributed by atoms with Crippen LogP contribution >= 0.6 is 0 Å². The smallest absolute Gasteiger partial charge is 0.264 e. The molecule has 0 saturated heterocycles. The molecule has 0 unspecified atom stereocenters. The topological polar surface area (TPSA) is 96.0 Å². The molecule has 0 fully saturated rings. The van der Waals surface area contributed by atoms with E-state index in [0.29, 0.717) is 18.0 Å². The minimum Gasteiger partial charge on any atom is -0.457 e. The molecule has 5 rings (SSSR count). The van der Waals surface area contributed by atoms with Crippen LogP contribution in [0.5, 0.6) is 11.5 Å². The van der Waals surface area contributed by atoms with Gasteiger partial charge in [0, 0.05) is 19.5 Å². The van der Waals surface area contributed by atoms with Gasteiger partial charge in [0.1, 0.15) is 24.1 Å². The summed E-state index contributed by atoms with van der Waals surface area (Å²) in [5.41, 5.74) is 3.91. The lowest BCUT2D eigenvalue weighted by Gasteiger charge is -2.34. The fourth-order valence-electron chi connectivity index (χ4n) is 5.74. The predicted molar refractivity (Wildman–Crippen MR) is 202 cm³/mol. The molecule has 9 heteroatoms. The van der Waals surface area contributed by atoms with Crippen molar-refractivity contribution in [1.29, 1.82) is 0 Å². The zero-order valence-corrected chi connectivity index (χ0v) is 30.2. The van der Waals surface area contributed by atoms with Crippen LogP contribution in [-0.2, 0) is 32.6 Å². The van der Waals surface area contributed by atoms with Crippen molar-refractivity contribution in [2.24, 2.45) is 0 Å². The third-order valence-electron chi connectivity index (χ3n) is 8.53. The lowest BCUT2D eigenvalue weighted by molar-refractivity contribution is -0.140. The largest absolute Gasteiger partial charge is 0.457 e. The van der Waals surface area contributed by atoms with Crippen LogP contribution in [-0.4, -0.2) is 44.3 Å². The first-order valence-corrected chi connectivity index (χ1v) is 18.7. The van der Waals surface area contributed by atoms with Crippen LogP contribution in [0.3, 0.4) is 0 Å². The molecule has 264 valence electrons. The van der Waals surface area contributed by atoms with Gasteiger partial charge in [-0.15, -0.1) is 0 Å². The monoisotopic (exact) mass is 703 g/mol. The third kappa shape index (κ3) is 10.1. The van der Waals surface area contributed by atoms with Crippen molar-refractivity contribution in [2.45, 2.75) is 57.5 Å². The van der Waals surface area contributed by atoms with E-state index in [9.17, 15) is 18.0 Å². The van der Waals surface area contributed by atoms with E-state index in [1.807, 2.05) is 106 Å². The van der Waals surface area contributed by atoms with Crippen molar-refractivity contribution in [3.63, 3.8) is 0 Å². The minimum absolute atomic E-state index is 0.0499. The summed E-state index contributed by atoms with van der Waals surface area (Å²) < 4.78 is 35.9. The van der Waals surface area contributed by atoms with E-state index in [-0.39, 0.29) is 29.5 Å². The van der Waals surface area contributed by atoms with E-state index in [4.69, 9.17) is 4.74 Å². The highest BCUT2D eigenvalue weighted by Gasteiger charge is 2.34. The summed E-state index contributed by atoms with van der Waals surface area (Å²) >= 11 is 0. The highest BCUT2D eigenvalue weighted by molar-refractivity contribution is 7.92. The molecule has 51 heavy (non-hydrogen) atoms. The number of para-hydroxylation sites is 1. The number of carbonyl (C=O) groups is 2. The van der Waals surface area contributed by atoms with Crippen LogP contribution < -0.4 is 14.4 Å². The van der Waals surface area contributed by atoms with Crippen LogP contribution in [0.1, 0.15) is 42.0 Å². The van der Waals surface area contributed by atoms with Crippen LogP contribution in [0.15, 0.2) is 138 Å². The number of unbranched alkanes of at least 4 members (excludes halogenated alkanes) is 1. The van der Waals surface area contributed by atoms with Crippen LogP contribution in [0, 0.1) is 13.8 Å². The number of hydrogen-bond acceptors (Lipinski definition) is 5. The molecule has 0 aromatic heterocycles. The molecule has 0 saturated carbocycles. The van der Waals surface area contributed by atoms with Gasteiger partial charge >= 0.3 is 0 Å². The molecule has 0 radical (unpaired) electrons. The summed E-state index contributed by atoms with van der Waals surface area (Å²) in [4.78, 5) is 30.3. The number of nitrogens with zero attached hydrogens (tertiary/aromatic N) is 2. The lowest BCUT2D eigenvalue weighted by atomic mass is 10.0. The van der Waals surface area contributed by atoms with E-state index in [1.54, 1.807) is 48.5 Å². The summed E-state index contributed by atoms with van der Waals surface area (Å²) in [6, 6.07) is 38.8. The predicted octanol–water partition coefficient (Wildman–Crippen LogP) is 7.85. The van der Waals surface area contributed by atoms with E-state index >= 15 is 0 Å². The fourth-order valence-corrected chi connectivity index (χ4v) is 7.15. The number of hydrogen-bond donors (Lipinski definition) is 1. The standard InChI is InChI=1S/C42H45N3O5S/c1-4-5-27-43-42(47)40(29-34-14-8-6-9-15-34)44(30-35-16-12-13-33(3)28-35)41(46)31-45(51(48,49)39-25-19-32(2)20-26-39)36-21-23-38(24-22-36)50-37-17-10-7-11-18-37/h6-26,28,40H,4-5,27,29-31H2,1-3H3,(H,43,47)/t40-/m1/s1. The summed E-state index contributed by atoms with van der Waals surface area (Å²) in [6.45, 7) is 5.94. The van der Waals surface area contributed by atoms with Crippen molar-refractivity contribution in [1.82, 2.24) is 10.2 Å². The van der Waals surface area contributed by atoms with Crippen LogP contribution in [0.25, 0.3) is 0 Å². The molecule has 1 atom stereocenters. The summed E-state index contributed by atoms with van der Waals surface area (Å²) in [5, 5.41) is 3.03. The maximum absolute atomic E-state index is 14.7. The normalized spacial score (nSPS) is 11.7. The Morgan fingerprint density at radius 1 is 0.725 bits per heavy atom. The number of ether oxygens (including phenoxy) is 1. The second-order valence-corrected chi connectivity index (χ2v) is 14.5. The van der Waals surface area contributed by atoms with Crippen molar-refractivity contribution in [3.05, 3.63) is 156 Å². The number of aryl methyl sites for hydroxylation is 2. The molecule has 5 aromatic rings. The Kier molecular flexibility index (Phi) is 12.6. The summed E-state index contributed by atoms with van der Waals surface area (Å²) in [6.07, 6.45) is 1.95. The maximum Gasteiger partial charge on any atom is 0.264 e. The zero-order valence-electron chi connectivity index (χ0n) is 29.4. The quantitative estimate of drug-likeness (QED) is 0.106. The second-order valence-electron chi connectivity index (χ2n) is 12.6. The van der Waals surface area contributed by atoms with Gasteiger partial charge in [-0.05, 0) is 79.9 Å². The Morgan fingerprint density at radius 2 is 1.35 bits per heavy atom. The Balaban J connectivity index is 1.55. The number of amides is 2. The van der Waals surface area contributed by atoms with Crippen LogP contribution in [0.2, 0.25) is 0 Å². The maximum atomic E-state index is 14.7. The zero-order chi connectivity index (χ0) is 36.2. The van der Waals surface area contributed by atoms with Gasteiger partial charge in [-0.25, -0.2) is 8.42 Å². The first-order chi connectivity index (χ1) is 24.6. The molecular formula is C42H45N3O5S. The van der Waals surface area contributed by atoms with Crippen molar-refractivity contribution >= 4 is 27.5 Å². The van der Waals surface area contributed by atoms with Gasteiger partial charge in [0.25, 0.3) is 10.0 Å². The van der Waals surface area contributed by atoms with E-state index in [1.165, 1.54) is 4.90 Å². The van der Waals surface area contributed by atoms with E-state index < -0.39 is 28.5 Å². The molecule has 1 N–H and O–H groups in total. The average Bonchev–Trinajstić information content (AvgIpc) is 3.13. The molecule has 0 spiro atoms. The van der Waals surface area contributed by atoms with Crippen molar-refractivity contribution in [3.8, 4) is 11.5 Å². The number of carbonyl (C=O) groups excluding carboxylic acids is 2. The molecule has 0 aliphatic rings. The number of anilines is 1. The molecule has 0 bridgehead atoms. The van der Waals surface area contributed by atoms with Gasteiger partial charge in [-0.1, -0.05) is 109 Å². The third-order valence-corrected chi connectivity index (χ3v) is 10.3. The van der Waals surface area contributed by atoms with Gasteiger partial charge in [-0.2, -0.15) is 0 Å². The Bertz CT molecular complexity index is 1980. The van der Waals surface area contributed by atoms with E-state index in [0.717, 1.165) is 39.4 Å². The van der Waals surface area contributed by atoms with Gasteiger partial charge in [0.05, 0.1) is 10.6 Å². The van der Waals surface area contributed by atoms with Gasteiger partial charge in [0.2, 0.25) is 11.8 Å². The number of sulfonamides is 1. The van der Waals surface area contributed by atoms with Gasteiger partial charge < -0.3 is 15.0 Å². The Labute approximate surface area is 301 Å². The Hall–Kier alpha value is -5.41. The van der Waals surface area contributed by atoms with Gasteiger partial charge in [0.15, 0.2) is 0 Å². The van der Waals surface area contributed by atoms with E-state index in [2.05, 4.69) is 5.32 Å². The van der Waals surface area contributed by atoms with Crippen molar-refractivity contribution < 1.29 is 22.7 Å². The summed E-state index contributed by atoms with van der Waals surface area (Å²) in [7, 11) is -4.23. The molecule has 8 nitrogen and oxygen atoms in total. The fraction of sp³-hybridized carbons (Fsp3) is 0.238. The number of rotatable bonds is 16. The highest BCUT2D eigenvalue weighted by atomic mass is 32.2. The van der Waals surface area contributed by atoms with Crippen molar-refractivity contribution in [2.75, 3.05) is 17.4 Å². The molecule has 0 aliphatic carbocycles. The average molecular weight is 704 g/mol. The molecule has 0 heterocycles. The number of benzene rings is 5. The minimum atomic E-state index is -4.23. The second kappa shape index (κ2) is 17.5. The first-order valence-electron chi connectivity index (χ1n) is 17.2. The molecule has 0 aliphatic heterocycles. The summed E-state index contributed by atoms with van der Waals surface area (Å²) in [5.74, 6) is 0.349. The van der Waals surface area contributed by atoms with Crippen LogP contribution in [0.4, 0.5) is 5.69 Å². The number of nitrogens with one attached hydrogen (secondary N) is 1. The SMILES string of the molecule is CCCCNC(=O)[C@@H](Cc1ccccc1)N(Cc1cccc(C)c1)C(=O)CN(c1ccc(Oc2ccccc2)cc1)S(=O)(=O)c1ccc(C)cc1. The molecule has 2 amide bonds. The molecular weight excluding hydrogens is 659 g/mol.